The maximum Gasteiger partial charge on any atom is 0.202 e. The first-order chi connectivity index (χ1) is 9.99. The van der Waals surface area contributed by atoms with Crippen LogP contribution in [0.3, 0.4) is 0 Å². The van der Waals surface area contributed by atoms with E-state index in [4.69, 9.17) is 15.2 Å². The molecule has 2 aromatic rings. The first-order valence-electron chi connectivity index (χ1n) is 5.99. The average Bonchev–Trinajstić information content (AvgIpc) is 2.45. The van der Waals surface area contributed by atoms with Crippen molar-refractivity contribution in [2.45, 2.75) is 0 Å². The van der Waals surface area contributed by atoms with E-state index in [0.717, 1.165) is 12.1 Å². The zero-order valence-electron chi connectivity index (χ0n) is 11.4. The zero-order chi connectivity index (χ0) is 15.6. The summed E-state index contributed by atoms with van der Waals surface area (Å²) in [5.74, 6) is -2.81. The molecule has 0 saturated carbocycles. The van der Waals surface area contributed by atoms with Crippen molar-refractivity contribution in [3.8, 4) is 11.5 Å². The molecule has 0 unspecified atom stereocenters. The molecular weight excluding hydrogens is 280 g/mol. The number of hydrogen-bond donors (Lipinski definition) is 1. The van der Waals surface area contributed by atoms with E-state index < -0.39 is 23.0 Å². The van der Waals surface area contributed by atoms with Gasteiger partial charge in [0.15, 0.2) is 5.75 Å². The van der Waals surface area contributed by atoms with Crippen LogP contribution >= 0.6 is 0 Å². The quantitative estimate of drug-likeness (QED) is 0.695. The number of carbonyl (C=O) groups is 1. The first-order valence-corrected chi connectivity index (χ1v) is 5.99. The lowest BCUT2D eigenvalue weighted by Crippen LogP contribution is -2.10. The van der Waals surface area contributed by atoms with E-state index in [-0.39, 0.29) is 22.7 Å². The Bertz CT molecular complexity index is 678. The normalized spacial score (nSPS) is 10.3. The standard InChI is InChI=1S/C15H13F2NO3/c1-20-8-6-10(16)13(11(17)7-8)14(19)9-4-3-5-12(18)15(9)21-2/h3-7H,18H2,1-2H3. The number of halogens is 2. The Morgan fingerprint density at radius 1 is 1.10 bits per heavy atom. The van der Waals surface area contributed by atoms with Crippen LogP contribution in [0.2, 0.25) is 0 Å². The molecule has 6 heteroatoms. The Kier molecular flexibility index (Phi) is 4.07. The Labute approximate surface area is 120 Å². The molecule has 0 aliphatic rings. The molecule has 0 atom stereocenters. The molecule has 0 aliphatic carbocycles. The maximum atomic E-state index is 14.0. The molecule has 2 aromatic carbocycles. The summed E-state index contributed by atoms with van der Waals surface area (Å²) in [7, 11) is 2.60. The van der Waals surface area contributed by atoms with Gasteiger partial charge >= 0.3 is 0 Å². The lowest BCUT2D eigenvalue weighted by molar-refractivity contribution is 0.102. The predicted octanol–water partition coefficient (Wildman–Crippen LogP) is 2.80. The number of methoxy groups -OCH3 is 2. The number of nitrogens with two attached hydrogens (primary N) is 1. The topological polar surface area (TPSA) is 61.5 Å². The Morgan fingerprint density at radius 3 is 2.24 bits per heavy atom. The van der Waals surface area contributed by atoms with Crippen LogP contribution in [-0.2, 0) is 0 Å². The fraction of sp³-hybridized carbons (Fsp3) is 0.133. The minimum absolute atomic E-state index is 0.0129. The van der Waals surface area contributed by atoms with Crippen molar-refractivity contribution >= 4 is 11.5 Å². The number of ether oxygens (including phenoxy) is 2. The van der Waals surface area contributed by atoms with Crippen LogP contribution in [0.5, 0.6) is 11.5 Å². The van der Waals surface area contributed by atoms with Crippen molar-refractivity contribution in [1.82, 2.24) is 0 Å². The van der Waals surface area contributed by atoms with E-state index in [0.29, 0.717) is 0 Å². The molecule has 0 radical (unpaired) electrons. The maximum absolute atomic E-state index is 14.0. The molecule has 21 heavy (non-hydrogen) atoms. The van der Waals surface area contributed by atoms with Gasteiger partial charge in [0.25, 0.3) is 0 Å². The summed E-state index contributed by atoms with van der Waals surface area (Å²) >= 11 is 0. The van der Waals surface area contributed by atoms with Crippen molar-refractivity contribution in [2.24, 2.45) is 0 Å². The van der Waals surface area contributed by atoms with Gasteiger partial charge in [0, 0.05) is 12.1 Å². The second-order valence-electron chi connectivity index (χ2n) is 4.22. The molecule has 0 spiro atoms. The molecule has 0 amide bonds. The summed E-state index contributed by atoms with van der Waals surface area (Å²) < 4.78 is 37.7. The van der Waals surface area contributed by atoms with Crippen LogP contribution in [0.25, 0.3) is 0 Å². The van der Waals surface area contributed by atoms with Gasteiger partial charge in [-0.05, 0) is 12.1 Å². The van der Waals surface area contributed by atoms with E-state index in [1.165, 1.54) is 32.4 Å². The van der Waals surface area contributed by atoms with Crippen molar-refractivity contribution in [3.63, 3.8) is 0 Å². The third-order valence-corrected chi connectivity index (χ3v) is 2.97. The number of rotatable bonds is 4. The third-order valence-electron chi connectivity index (χ3n) is 2.97. The fourth-order valence-corrected chi connectivity index (χ4v) is 1.98. The second-order valence-corrected chi connectivity index (χ2v) is 4.22. The molecule has 2 N–H and O–H groups in total. The van der Waals surface area contributed by atoms with Crippen LogP contribution in [-0.4, -0.2) is 20.0 Å². The number of para-hydroxylation sites is 1. The first kappa shape index (κ1) is 14.8. The Hall–Kier alpha value is -2.63. The highest BCUT2D eigenvalue weighted by Gasteiger charge is 2.24. The minimum atomic E-state index is -1.01. The summed E-state index contributed by atoms with van der Waals surface area (Å²) in [6.45, 7) is 0. The van der Waals surface area contributed by atoms with Crippen molar-refractivity contribution in [2.75, 3.05) is 20.0 Å². The number of ketones is 1. The van der Waals surface area contributed by atoms with Crippen molar-refractivity contribution in [3.05, 3.63) is 53.1 Å². The predicted molar refractivity (Wildman–Crippen MR) is 73.7 cm³/mol. The molecule has 0 saturated heterocycles. The molecule has 0 bridgehead atoms. The highest BCUT2D eigenvalue weighted by molar-refractivity contribution is 6.12. The number of hydrogen-bond acceptors (Lipinski definition) is 4. The fourth-order valence-electron chi connectivity index (χ4n) is 1.98. The Morgan fingerprint density at radius 2 is 1.71 bits per heavy atom. The molecule has 0 heterocycles. The van der Waals surface area contributed by atoms with Gasteiger partial charge in [-0.3, -0.25) is 4.79 Å². The number of nitrogen functional groups attached to an aromatic ring is 1. The van der Waals surface area contributed by atoms with Crippen LogP contribution in [0.15, 0.2) is 30.3 Å². The van der Waals surface area contributed by atoms with Gasteiger partial charge in [-0.2, -0.15) is 0 Å². The second kappa shape index (κ2) is 5.78. The molecule has 110 valence electrons. The van der Waals surface area contributed by atoms with Crippen molar-refractivity contribution < 1.29 is 23.0 Å². The minimum Gasteiger partial charge on any atom is -0.497 e. The van der Waals surface area contributed by atoms with Crippen LogP contribution in [0, 0.1) is 11.6 Å². The molecule has 2 rings (SSSR count). The molecule has 0 fully saturated rings. The lowest BCUT2D eigenvalue weighted by atomic mass is 10.0. The molecule has 0 aromatic heterocycles. The van der Waals surface area contributed by atoms with Crippen LogP contribution in [0.1, 0.15) is 15.9 Å². The number of benzene rings is 2. The summed E-state index contributed by atoms with van der Waals surface area (Å²) in [6, 6.07) is 6.30. The molecule has 0 aliphatic heterocycles. The van der Waals surface area contributed by atoms with Crippen LogP contribution < -0.4 is 15.2 Å². The number of anilines is 1. The monoisotopic (exact) mass is 293 g/mol. The lowest BCUT2D eigenvalue weighted by Gasteiger charge is -2.11. The van der Waals surface area contributed by atoms with E-state index in [1.54, 1.807) is 0 Å². The summed E-state index contributed by atoms with van der Waals surface area (Å²) in [5.41, 5.74) is 5.20. The van der Waals surface area contributed by atoms with Crippen molar-refractivity contribution in [1.29, 1.82) is 0 Å². The van der Waals surface area contributed by atoms with E-state index in [2.05, 4.69) is 0 Å². The number of carbonyl (C=O) groups excluding carboxylic acids is 1. The largest absolute Gasteiger partial charge is 0.497 e. The highest BCUT2D eigenvalue weighted by Crippen LogP contribution is 2.30. The van der Waals surface area contributed by atoms with Gasteiger partial charge in [-0.1, -0.05) is 6.07 Å². The highest BCUT2D eigenvalue weighted by atomic mass is 19.1. The Balaban J connectivity index is 2.58. The van der Waals surface area contributed by atoms with Gasteiger partial charge < -0.3 is 15.2 Å². The smallest absolute Gasteiger partial charge is 0.202 e. The summed E-state index contributed by atoms with van der Waals surface area (Å²) in [6.07, 6.45) is 0. The third kappa shape index (κ3) is 2.65. The van der Waals surface area contributed by atoms with E-state index in [9.17, 15) is 13.6 Å². The molecule has 4 nitrogen and oxygen atoms in total. The van der Waals surface area contributed by atoms with Gasteiger partial charge in [0.1, 0.15) is 17.4 Å². The van der Waals surface area contributed by atoms with Gasteiger partial charge in [0.2, 0.25) is 5.78 Å². The summed E-state index contributed by atoms with van der Waals surface area (Å²) in [4.78, 5) is 12.4. The van der Waals surface area contributed by atoms with E-state index >= 15 is 0 Å². The summed E-state index contributed by atoms with van der Waals surface area (Å²) in [5, 5.41) is 0. The van der Waals surface area contributed by atoms with E-state index in [1.807, 2.05) is 0 Å². The zero-order valence-corrected chi connectivity index (χ0v) is 11.4. The SMILES string of the molecule is COc1cc(F)c(C(=O)c2cccc(N)c2OC)c(F)c1. The van der Waals surface area contributed by atoms with Gasteiger partial charge in [0.05, 0.1) is 31.0 Å². The molecular formula is C15H13F2NO3. The van der Waals surface area contributed by atoms with Gasteiger partial charge in [-0.25, -0.2) is 8.78 Å². The average molecular weight is 293 g/mol. The van der Waals surface area contributed by atoms with Crippen LogP contribution in [0.4, 0.5) is 14.5 Å². The van der Waals surface area contributed by atoms with Gasteiger partial charge in [-0.15, -0.1) is 0 Å².